The minimum atomic E-state index is -1.60. The van der Waals surface area contributed by atoms with Gasteiger partial charge in [-0.25, -0.2) is 15.4 Å². The van der Waals surface area contributed by atoms with Crippen LogP contribution in [-0.4, -0.2) is 61.4 Å². The lowest BCUT2D eigenvalue weighted by Gasteiger charge is -2.27. The van der Waals surface area contributed by atoms with Gasteiger partial charge in [0.05, 0.1) is 19.1 Å². The van der Waals surface area contributed by atoms with Crippen molar-refractivity contribution in [1.82, 2.24) is 14.5 Å². The van der Waals surface area contributed by atoms with Gasteiger partial charge in [-0.1, -0.05) is 0 Å². The van der Waals surface area contributed by atoms with Crippen LogP contribution in [0.25, 0.3) is 11.0 Å². The van der Waals surface area contributed by atoms with Crippen LogP contribution in [0.15, 0.2) is 17.0 Å². The summed E-state index contributed by atoms with van der Waals surface area (Å²) in [6.45, 7) is 1.05. The van der Waals surface area contributed by atoms with Crippen LogP contribution < -0.4 is 5.48 Å². The molecule has 1 aliphatic rings. The van der Waals surface area contributed by atoms with E-state index in [2.05, 4.69) is 31.4 Å². The topological polar surface area (TPSA) is 122 Å². The third-order valence-corrected chi connectivity index (χ3v) is 4.55. The third-order valence-electron chi connectivity index (χ3n) is 3.95. The second-order valence-corrected chi connectivity index (χ2v) is 6.35. The van der Waals surface area contributed by atoms with Gasteiger partial charge in [-0.2, -0.15) is 0 Å². The number of rotatable bonds is 4. The first-order valence-corrected chi connectivity index (χ1v) is 7.68. The molecule has 2 aromatic rings. The number of nitrogens with one attached hydrogen (secondary N) is 1. The Balaban J connectivity index is 2.13. The van der Waals surface area contributed by atoms with E-state index in [4.69, 9.17) is 9.57 Å². The van der Waals surface area contributed by atoms with Crippen molar-refractivity contribution in [3.63, 3.8) is 0 Å². The Labute approximate surface area is 140 Å². The van der Waals surface area contributed by atoms with E-state index in [9.17, 15) is 15.3 Å². The molecule has 4 N–H and O–H groups in total. The van der Waals surface area contributed by atoms with Gasteiger partial charge >= 0.3 is 0 Å². The highest BCUT2D eigenvalue weighted by atomic mass is 79.9. The normalized spacial score (nSPS) is 31.0. The number of hydrogen-bond donors (Lipinski definition) is 4. The Kier molecular flexibility index (Phi) is 4.29. The van der Waals surface area contributed by atoms with Crippen molar-refractivity contribution >= 4 is 32.8 Å². The standard InChI is InChI=1S/C13H17BrN4O5/c1-13(21)9(20)7(4-19)23-12(13)18-3-6(14)8-10(17-22-2)15-5-16-11(8)18/h3,5,7,9,12,19-21H,4H2,1-2H3,(H,15,16,17)/t7?,9?,12?,13-/m1/s1. The van der Waals surface area contributed by atoms with E-state index >= 15 is 0 Å². The van der Waals surface area contributed by atoms with Gasteiger partial charge in [0.15, 0.2) is 12.0 Å². The molecule has 0 amide bonds. The molecule has 3 heterocycles. The van der Waals surface area contributed by atoms with Crippen molar-refractivity contribution in [2.24, 2.45) is 0 Å². The zero-order chi connectivity index (χ0) is 16.8. The molecule has 0 bridgehead atoms. The molecule has 0 aromatic carbocycles. The second kappa shape index (κ2) is 5.96. The van der Waals surface area contributed by atoms with Crippen LogP contribution in [0.1, 0.15) is 13.2 Å². The van der Waals surface area contributed by atoms with E-state index in [-0.39, 0.29) is 0 Å². The van der Waals surface area contributed by atoms with Crippen molar-refractivity contribution in [1.29, 1.82) is 0 Å². The molecule has 126 valence electrons. The van der Waals surface area contributed by atoms with Crippen LogP contribution in [0.2, 0.25) is 0 Å². The van der Waals surface area contributed by atoms with Gasteiger partial charge in [-0.05, 0) is 22.9 Å². The minimum Gasteiger partial charge on any atom is -0.394 e. The van der Waals surface area contributed by atoms with Crippen LogP contribution in [0.4, 0.5) is 5.82 Å². The molecule has 23 heavy (non-hydrogen) atoms. The van der Waals surface area contributed by atoms with Gasteiger partial charge in [-0.3, -0.25) is 4.84 Å². The Bertz CT molecular complexity index is 722. The summed E-state index contributed by atoms with van der Waals surface area (Å²) in [4.78, 5) is 13.2. The van der Waals surface area contributed by atoms with Gasteiger partial charge in [0.25, 0.3) is 0 Å². The molecular formula is C13H17BrN4O5. The van der Waals surface area contributed by atoms with Gasteiger partial charge in [0.1, 0.15) is 29.8 Å². The predicted molar refractivity (Wildman–Crippen MR) is 83.5 cm³/mol. The number of aliphatic hydroxyl groups is 3. The lowest BCUT2D eigenvalue weighted by Crippen LogP contribution is -2.44. The number of ether oxygens (including phenoxy) is 1. The van der Waals surface area contributed by atoms with Crippen molar-refractivity contribution in [3.05, 3.63) is 17.0 Å². The summed E-state index contributed by atoms with van der Waals surface area (Å²) in [6.07, 6.45) is -0.0206. The second-order valence-electron chi connectivity index (χ2n) is 5.49. The number of hydrogen-bond acceptors (Lipinski definition) is 8. The summed E-state index contributed by atoms with van der Waals surface area (Å²) in [5.74, 6) is 0.444. The number of aliphatic hydroxyl groups excluding tert-OH is 2. The maximum Gasteiger partial charge on any atom is 0.167 e. The Morgan fingerprint density at radius 1 is 1.52 bits per heavy atom. The average molecular weight is 389 g/mol. The van der Waals surface area contributed by atoms with E-state index in [1.807, 2.05) is 0 Å². The van der Waals surface area contributed by atoms with Crippen LogP contribution >= 0.6 is 15.9 Å². The maximum absolute atomic E-state index is 10.6. The number of fused-ring (bicyclic) bond motifs is 1. The Morgan fingerprint density at radius 2 is 2.26 bits per heavy atom. The molecule has 9 nitrogen and oxygen atoms in total. The molecule has 0 radical (unpaired) electrons. The van der Waals surface area contributed by atoms with Crippen molar-refractivity contribution in [3.8, 4) is 0 Å². The smallest absolute Gasteiger partial charge is 0.167 e. The van der Waals surface area contributed by atoms with Crippen LogP contribution in [0, 0.1) is 0 Å². The summed E-state index contributed by atoms with van der Waals surface area (Å²) >= 11 is 3.43. The molecule has 2 aromatic heterocycles. The van der Waals surface area contributed by atoms with E-state index in [0.717, 1.165) is 0 Å². The Morgan fingerprint density at radius 3 is 2.87 bits per heavy atom. The highest BCUT2D eigenvalue weighted by Crippen LogP contribution is 2.41. The lowest BCUT2D eigenvalue weighted by atomic mass is 9.96. The molecule has 1 saturated heterocycles. The van der Waals surface area contributed by atoms with Crippen LogP contribution in [0.3, 0.4) is 0 Å². The first-order chi connectivity index (χ1) is 10.9. The van der Waals surface area contributed by atoms with Gasteiger partial charge in [-0.15, -0.1) is 0 Å². The molecule has 3 unspecified atom stereocenters. The maximum atomic E-state index is 10.6. The SMILES string of the molecule is CONc1ncnc2c1c(Br)cn2C1OC(CO)C(O)[C@@]1(C)O. The summed E-state index contributed by atoms with van der Waals surface area (Å²) < 4.78 is 7.87. The minimum absolute atomic E-state index is 0.403. The fourth-order valence-corrected chi connectivity index (χ4v) is 3.37. The first-order valence-electron chi connectivity index (χ1n) is 6.88. The summed E-state index contributed by atoms with van der Waals surface area (Å²) in [5.41, 5.74) is 1.53. The van der Waals surface area contributed by atoms with Crippen LogP contribution in [-0.2, 0) is 9.57 Å². The summed E-state index contributed by atoms with van der Waals surface area (Å²) in [6, 6.07) is 0. The summed E-state index contributed by atoms with van der Waals surface area (Å²) in [7, 11) is 1.46. The molecule has 10 heteroatoms. The zero-order valence-corrected chi connectivity index (χ0v) is 14.1. The van der Waals surface area contributed by atoms with Crippen molar-refractivity contribution < 1.29 is 24.9 Å². The van der Waals surface area contributed by atoms with Gasteiger partial charge < -0.3 is 24.6 Å². The molecule has 1 fully saturated rings. The monoisotopic (exact) mass is 388 g/mol. The molecule has 1 aliphatic heterocycles. The van der Waals surface area contributed by atoms with E-state index in [0.29, 0.717) is 21.3 Å². The van der Waals surface area contributed by atoms with E-state index < -0.39 is 30.6 Å². The quantitative estimate of drug-likeness (QED) is 0.546. The average Bonchev–Trinajstić information content (AvgIpc) is 2.96. The van der Waals surface area contributed by atoms with E-state index in [1.165, 1.54) is 20.4 Å². The van der Waals surface area contributed by atoms with Crippen LogP contribution in [0.5, 0.6) is 0 Å². The predicted octanol–water partition coefficient (Wildman–Crippen LogP) is 0.169. The highest BCUT2D eigenvalue weighted by Gasteiger charge is 2.53. The molecule has 3 rings (SSSR count). The lowest BCUT2D eigenvalue weighted by molar-refractivity contribution is -0.0948. The highest BCUT2D eigenvalue weighted by molar-refractivity contribution is 9.10. The molecule has 4 atom stereocenters. The first kappa shape index (κ1) is 16.6. The Hall–Kier alpha value is -1.30. The number of aromatic nitrogens is 3. The molecule has 0 aliphatic carbocycles. The van der Waals surface area contributed by atoms with Crippen molar-refractivity contribution in [2.45, 2.75) is 31.0 Å². The molecule has 0 saturated carbocycles. The largest absolute Gasteiger partial charge is 0.394 e. The van der Waals surface area contributed by atoms with Gasteiger partial charge in [0, 0.05) is 10.7 Å². The zero-order valence-electron chi connectivity index (χ0n) is 12.5. The number of halogens is 1. The third kappa shape index (κ3) is 2.51. The van der Waals surface area contributed by atoms with Crippen molar-refractivity contribution in [2.75, 3.05) is 19.2 Å². The number of anilines is 1. The molecular weight excluding hydrogens is 372 g/mol. The summed E-state index contributed by atoms with van der Waals surface area (Å²) in [5, 5.41) is 30.7. The number of nitrogens with zero attached hydrogens (tertiary/aromatic N) is 3. The van der Waals surface area contributed by atoms with Gasteiger partial charge in [0.2, 0.25) is 0 Å². The molecule has 0 spiro atoms. The fraction of sp³-hybridized carbons (Fsp3) is 0.538. The van der Waals surface area contributed by atoms with E-state index in [1.54, 1.807) is 10.8 Å². The fourth-order valence-electron chi connectivity index (χ4n) is 2.78.